The van der Waals surface area contributed by atoms with Crippen molar-refractivity contribution < 1.29 is 32.4 Å². The number of ether oxygens (including phenoxy) is 2. The molecule has 3 aromatic carbocycles. The number of nitro benzene ring substituents is 1. The van der Waals surface area contributed by atoms with Gasteiger partial charge in [-0.3, -0.25) is 14.9 Å². The van der Waals surface area contributed by atoms with Gasteiger partial charge < -0.3 is 14.8 Å². The largest absolute Gasteiger partial charge is 0.497 e. The molecule has 2 heterocycles. The SMILES string of the molecule is COc1ccc(-c2cc(C(F)(F)F)n3nc(C(=O)Nc4cc(Oc5ccccc5)cc([N+](=O)[O-])c4)c(Br)c3n2)cc1. The fourth-order valence-corrected chi connectivity index (χ4v) is 4.40. The fourth-order valence-electron chi connectivity index (χ4n) is 3.88. The number of para-hydroxylation sites is 1. The van der Waals surface area contributed by atoms with Gasteiger partial charge in [0.2, 0.25) is 0 Å². The minimum absolute atomic E-state index is 0.0126. The Kier molecular flexibility index (Phi) is 7.32. The van der Waals surface area contributed by atoms with Gasteiger partial charge in [0.1, 0.15) is 17.2 Å². The topological polar surface area (TPSA) is 121 Å². The van der Waals surface area contributed by atoms with Crippen LogP contribution in [0.15, 0.2) is 83.3 Å². The predicted molar refractivity (Wildman–Crippen MR) is 145 cm³/mol. The second-order valence-electron chi connectivity index (χ2n) is 8.49. The second kappa shape index (κ2) is 10.9. The summed E-state index contributed by atoms with van der Waals surface area (Å²) >= 11 is 3.17. The van der Waals surface area contributed by atoms with Crippen LogP contribution in [0.25, 0.3) is 16.9 Å². The number of rotatable bonds is 7. The van der Waals surface area contributed by atoms with Crippen LogP contribution < -0.4 is 14.8 Å². The van der Waals surface area contributed by atoms with Crippen molar-refractivity contribution in [3.05, 3.63) is 105 Å². The van der Waals surface area contributed by atoms with Crippen LogP contribution in [0.2, 0.25) is 0 Å². The standard InChI is InChI=1S/C27H17BrF3N5O5/c1-40-18-9-7-15(8-10-18)21-14-22(27(29,30)31)35-25(33-21)23(28)24(34-35)26(37)32-16-11-17(36(38)39)13-20(12-16)41-19-5-3-2-4-6-19/h2-14H,1H3,(H,32,37). The average molecular weight is 628 g/mol. The van der Waals surface area contributed by atoms with E-state index >= 15 is 0 Å². The Morgan fingerprint density at radius 3 is 2.34 bits per heavy atom. The van der Waals surface area contributed by atoms with Crippen LogP contribution in [0.3, 0.4) is 0 Å². The summed E-state index contributed by atoms with van der Waals surface area (Å²) in [5.41, 5.74) is -1.91. The molecule has 0 aliphatic carbocycles. The highest BCUT2D eigenvalue weighted by Crippen LogP contribution is 2.36. The molecule has 0 saturated heterocycles. The summed E-state index contributed by atoms with van der Waals surface area (Å²) in [7, 11) is 1.46. The summed E-state index contributed by atoms with van der Waals surface area (Å²) in [4.78, 5) is 28.3. The highest BCUT2D eigenvalue weighted by molar-refractivity contribution is 9.10. The van der Waals surface area contributed by atoms with E-state index in [2.05, 4.69) is 31.3 Å². The number of hydrogen-bond acceptors (Lipinski definition) is 7. The number of nitrogens with one attached hydrogen (secondary N) is 1. The van der Waals surface area contributed by atoms with Crippen molar-refractivity contribution in [3.63, 3.8) is 0 Å². The van der Waals surface area contributed by atoms with Crippen LogP contribution in [0, 0.1) is 10.1 Å². The number of anilines is 1. The van der Waals surface area contributed by atoms with Gasteiger partial charge >= 0.3 is 6.18 Å². The summed E-state index contributed by atoms with van der Waals surface area (Å²) in [6.45, 7) is 0. The molecule has 41 heavy (non-hydrogen) atoms. The highest BCUT2D eigenvalue weighted by atomic mass is 79.9. The Labute approximate surface area is 237 Å². The van der Waals surface area contributed by atoms with E-state index in [1.54, 1.807) is 54.6 Å². The van der Waals surface area contributed by atoms with Crippen molar-refractivity contribution in [1.82, 2.24) is 14.6 Å². The molecule has 0 spiro atoms. The first-order chi connectivity index (χ1) is 19.5. The van der Waals surface area contributed by atoms with E-state index in [0.717, 1.165) is 12.1 Å². The lowest BCUT2D eigenvalue weighted by Crippen LogP contribution is -2.16. The molecular formula is C27H17BrF3N5O5. The number of aromatic nitrogens is 3. The molecular weight excluding hydrogens is 611 g/mol. The minimum atomic E-state index is -4.84. The van der Waals surface area contributed by atoms with Crippen LogP contribution in [0.1, 0.15) is 16.2 Å². The number of benzene rings is 3. The molecule has 0 aliphatic rings. The lowest BCUT2D eigenvalue weighted by atomic mass is 10.1. The van der Waals surface area contributed by atoms with E-state index in [1.165, 1.54) is 19.2 Å². The molecule has 14 heteroatoms. The Morgan fingerprint density at radius 2 is 1.71 bits per heavy atom. The summed E-state index contributed by atoms with van der Waals surface area (Å²) in [5, 5.41) is 17.8. The molecule has 0 atom stereocenters. The van der Waals surface area contributed by atoms with Gasteiger partial charge in [-0.1, -0.05) is 18.2 Å². The smallest absolute Gasteiger partial charge is 0.433 e. The molecule has 208 valence electrons. The number of carbonyl (C=O) groups excluding carboxylic acids is 1. The van der Waals surface area contributed by atoms with Crippen LogP contribution in [-0.2, 0) is 6.18 Å². The van der Waals surface area contributed by atoms with E-state index in [9.17, 15) is 28.1 Å². The lowest BCUT2D eigenvalue weighted by Gasteiger charge is -2.11. The van der Waals surface area contributed by atoms with Crippen LogP contribution in [-0.4, -0.2) is 32.5 Å². The zero-order valence-corrected chi connectivity index (χ0v) is 22.4. The molecule has 0 aliphatic heterocycles. The van der Waals surface area contributed by atoms with Crippen molar-refractivity contribution in [2.45, 2.75) is 6.18 Å². The predicted octanol–water partition coefficient (Wildman–Crippen LogP) is 7.14. The number of halogens is 4. The third-order valence-corrected chi connectivity index (χ3v) is 6.49. The van der Waals surface area contributed by atoms with Crippen molar-refractivity contribution in [3.8, 4) is 28.5 Å². The molecule has 5 aromatic rings. The molecule has 0 radical (unpaired) electrons. The maximum Gasteiger partial charge on any atom is 0.433 e. The van der Waals surface area contributed by atoms with E-state index in [1.807, 2.05) is 0 Å². The van der Waals surface area contributed by atoms with Crippen LogP contribution in [0.4, 0.5) is 24.5 Å². The number of hydrogen-bond donors (Lipinski definition) is 1. The third-order valence-electron chi connectivity index (χ3n) is 5.76. The highest BCUT2D eigenvalue weighted by Gasteiger charge is 2.36. The van der Waals surface area contributed by atoms with Gasteiger partial charge in [0.15, 0.2) is 17.0 Å². The van der Waals surface area contributed by atoms with Crippen molar-refractivity contribution in [2.24, 2.45) is 0 Å². The molecule has 1 N–H and O–H groups in total. The van der Waals surface area contributed by atoms with Crippen LogP contribution in [0.5, 0.6) is 17.2 Å². The van der Waals surface area contributed by atoms with Crippen molar-refractivity contribution >= 4 is 38.9 Å². The lowest BCUT2D eigenvalue weighted by molar-refractivity contribution is -0.384. The Bertz CT molecular complexity index is 1780. The van der Waals surface area contributed by atoms with Gasteiger partial charge in [0, 0.05) is 17.7 Å². The quantitative estimate of drug-likeness (QED) is 0.150. The van der Waals surface area contributed by atoms with E-state index in [-0.39, 0.29) is 32.9 Å². The third kappa shape index (κ3) is 5.82. The molecule has 0 bridgehead atoms. The van der Waals surface area contributed by atoms with E-state index in [0.29, 0.717) is 21.6 Å². The Hall–Kier alpha value is -4.98. The molecule has 5 rings (SSSR count). The number of fused-ring (bicyclic) bond motifs is 1. The Balaban J connectivity index is 1.54. The van der Waals surface area contributed by atoms with Gasteiger partial charge in [-0.2, -0.15) is 18.3 Å². The summed E-state index contributed by atoms with van der Waals surface area (Å²) in [6.07, 6.45) is -4.84. The number of nitro groups is 1. The van der Waals surface area contributed by atoms with Crippen molar-refractivity contribution in [2.75, 3.05) is 12.4 Å². The molecule has 0 saturated carbocycles. The second-order valence-corrected chi connectivity index (χ2v) is 9.29. The molecule has 1 amide bonds. The normalized spacial score (nSPS) is 11.3. The number of methoxy groups -OCH3 is 1. The van der Waals surface area contributed by atoms with Gasteiger partial charge in [0.05, 0.1) is 34.0 Å². The van der Waals surface area contributed by atoms with Gasteiger partial charge in [-0.15, -0.1) is 0 Å². The first-order valence-corrected chi connectivity index (χ1v) is 12.5. The zero-order valence-electron chi connectivity index (χ0n) is 20.8. The average Bonchev–Trinajstić information content (AvgIpc) is 3.28. The molecule has 0 fully saturated rings. The van der Waals surface area contributed by atoms with Crippen molar-refractivity contribution in [1.29, 1.82) is 0 Å². The molecule has 0 unspecified atom stereocenters. The first kappa shape index (κ1) is 27.6. The number of amides is 1. The van der Waals surface area contributed by atoms with Gasteiger partial charge in [-0.25, -0.2) is 9.50 Å². The first-order valence-electron chi connectivity index (χ1n) is 11.7. The number of non-ortho nitro benzene ring substituents is 1. The van der Waals surface area contributed by atoms with Gasteiger partial charge in [-0.05, 0) is 58.4 Å². The van der Waals surface area contributed by atoms with Gasteiger partial charge in [0.25, 0.3) is 11.6 Å². The minimum Gasteiger partial charge on any atom is -0.497 e. The van der Waals surface area contributed by atoms with E-state index < -0.39 is 28.4 Å². The molecule has 2 aromatic heterocycles. The zero-order chi connectivity index (χ0) is 29.3. The van der Waals surface area contributed by atoms with Crippen LogP contribution >= 0.6 is 15.9 Å². The molecule has 10 nitrogen and oxygen atoms in total. The number of carbonyl (C=O) groups is 1. The summed E-state index contributed by atoms with van der Waals surface area (Å²) < 4.78 is 53.4. The monoisotopic (exact) mass is 627 g/mol. The maximum absolute atomic E-state index is 14.1. The number of nitrogens with zero attached hydrogens (tertiary/aromatic N) is 4. The summed E-state index contributed by atoms with van der Waals surface area (Å²) in [5.74, 6) is 0.0215. The van der Waals surface area contributed by atoms with E-state index in [4.69, 9.17) is 9.47 Å². The fraction of sp³-hybridized carbons (Fsp3) is 0.0741. The Morgan fingerprint density at radius 1 is 1.00 bits per heavy atom. The summed E-state index contributed by atoms with van der Waals surface area (Å²) in [6, 6.07) is 19.1. The maximum atomic E-state index is 14.1. The number of alkyl halides is 3.